The normalized spacial score (nSPS) is 10.9. The first-order valence-corrected chi connectivity index (χ1v) is 6.01. The summed E-state index contributed by atoms with van der Waals surface area (Å²) in [4.78, 5) is 8.57. The minimum Gasteiger partial charge on any atom is -0.464 e. The van der Waals surface area contributed by atoms with Gasteiger partial charge in [0.05, 0.1) is 5.69 Å². The summed E-state index contributed by atoms with van der Waals surface area (Å²) < 4.78 is 6.10. The number of fused-ring (bicyclic) bond motifs is 1. The summed E-state index contributed by atoms with van der Waals surface area (Å²) in [7, 11) is 0. The third-order valence-corrected chi connectivity index (χ3v) is 2.94. The van der Waals surface area contributed by atoms with Crippen LogP contribution in [0.25, 0.3) is 22.2 Å². The summed E-state index contributed by atoms with van der Waals surface area (Å²) in [5.41, 5.74) is 3.66. The lowest BCUT2D eigenvalue weighted by Gasteiger charge is -2.00. The minimum absolute atomic E-state index is 0.595. The van der Waals surface area contributed by atoms with Crippen LogP contribution in [0.3, 0.4) is 0 Å². The van der Waals surface area contributed by atoms with E-state index in [0.717, 1.165) is 27.9 Å². The molecular formula is C13H9BrN2O. The average Bonchev–Trinajstić information content (AvgIpc) is 2.71. The molecule has 0 aliphatic rings. The molecule has 0 amide bonds. The molecule has 0 fully saturated rings. The number of nitrogens with zero attached hydrogens (tertiary/aromatic N) is 2. The molecule has 3 aromatic rings. The Hall–Kier alpha value is -1.68. The molecular weight excluding hydrogens is 280 g/mol. The second kappa shape index (κ2) is 3.96. The van der Waals surface area contributed by atoms with Crippen LogP contribution in [0.5, 0.6) is 0 Å². The zero-order chi connectivity index (χ0) is 11.8. The zero-order valence-corrected chi connectivity index (χ0v) is 10.7. The molecule has 0 aliphatic heterocycles. The van der Waals surface area contributed by atoms with Crippen LogP contribution in [0.15, 0.2) is 45.7 Å². The first-order valence-electron chi connectivity index (χ1n) is 5.22. The van der Waals surface area contributed by atoms with E-state index in [4.69, 9.17) is 4.42 Å². The molecule has 0 aliphatic carbocycles. The number of aryl methyl sites for hydroxylation is 1. The molecule has 0 saturated carbocycles. The maximum Gasteiger partial charge on any atom is 0.197 e. The number of benzene rings is 1. The lowest BCUT2D eigenvalue weighted by molar-refractivity contribution is 0.616. The van der Waals surface area contributed by atoms with Crippen molar-refractivity contribution in [1.29, 1.82) is 0 Å². The van der Waals surface area contributed by atoms with Gasteiger partial charge >= 0.3 is 0 Å². The second-order valence-corrected chi connectivity index (χ2v) is 4.52. The van der Waals surface area contributed by atoms with Crippen molar-refractivity contribution in [3.63, 3.8) is 0 Å². The molecule has 2 heterocycles. The number of furan rings is 1. The summed E-state index contributed by atoms with van der Waals surface area (Å²) in [6, 6.07) is 9.87. The van der Waals surface area contributed by atoms with Gasteiger partial charge in [0.2, 0.25) is 0 Å². The van der Waals surface area contributed by atoms with Crippen molar-refractivity contribution < 1.29 is 4.42 Å². The van der Waals surface area contributed by atoms with Gasteiger partial charge in [0.1, 0.15) is 11.8 Å². The van der Waals surface area contributed by atoms with E-state index >= 15 is 0 Å². The van der Waals surface area contributed by atoms with E-state index in [9.17, 15) is 0 Å². The monoisotopic (exact) mass is 288 g/mol. The highest BCUT2D eigenvalue weighted by molar-refractivity contribution is 9.10. The van der Waals surface area contributed by atoms with Gasteiger partial charge in [0.15, 0.2) is 4.73 Å². The molecule has 4 heteroatoms. The van der Waals surface area contributed by atoms with E-state index in [1.54, 1.807) is 6.26 Å². The van der Waals surface area contributed by atoms with Gasteiger partial charge in [-0.3, -0.25) is 0 Å². The van der Waals surface area contributed by atoms with Crippen LogP contribution in [0.2, 0.25) is 0 Å². The van der Waals surface area contributed by atoms with Gasteiger partial charge in [-0.25, -0.2) is 9.97 Å². The fourth-order valence-electron chi connectivity index (χ4n) is 1.85. The summed E-state index contributed by atoms with van der Waals surface area (Å²) in [5.74, 6) is 0. The van der Waals surface area contributed by atoms with E-state index in [1.807, 2.05) is 37.3 Å². The maximum atomic E-state index is 5.51. The molecule has 0 N–H and O–H groups in total. The van der Waals surface area contributed by atoms with Crippen molar-refractivity contribution in [3.05, 3.63) is 47.0 Å². The number of rotatable bonds is 1. The number of aromatic nitrogens is 2. The van der Waals surface area contributed by atoms with Crippen LogP contribution in [-0.4, -0.2) is 9.97 Å². The maximum absolute atomic E-state index is 5.51. The number of para-hydroxylation sites is 1. The van der Waals surface area contributed by atoms with Crippen molar-refractivity contribution in [2.75, 3.05) is 0 Å². The number of hydrogen-bond donors (Lipinski definition) is 0. The lowest BCUT2D eigenvalue weighted by atomic mass is 10.1. The molecule has 84 valence electrons. The van der Waals surface area contributed by atoms with Crippen molar-refractivity contribution in [2.24, 2.45) is 0 Å². The van der Waals surface area contributed by atoms with E-state index in [0.29, 0.717) is 4.73 Å². The van der Waals surface area contributed by atoms with E-state index in [-0.39, 0.29) is 0 Å². The molecule has 3 nitrogen and oxygen atoms in total. The van der Waals surface area contributed by atoms with Gasteiger partial charge in [-0.2, -0.15) is 0 Å². The van der Waals surface area contributed by atoms with Crippen LogP contribution in [-0.2, 0) is 0 Å². The Labute approximate surface area is 107 Å². The Bertz CT molecular complexity index is 670. The number of halogens is 1. The highest BCUT2D eigenvalue weighted by atomic mass is 79.9. The Balaban J connectivity index is 2.27. The van der Waals surface area contributed by atoms with Gasteiger partial charge < -0.3 is 4.42 Å². The van der Waals surface area contributed by atoms with E-state index in [1.165, 1.54) is 0 Å². The highest BCUT2D eigenvalue weighted by Gasteiger charge is 2.10. The first-order chi connectivity index (χ1) is 8.24. The molecule has 1 aromatic carbocycles. The summed E-state index contributed by atoms with van der Waals surface area (Å²) in [5, 5.41) is 1.07. The Kier molecular flexibility index (Phi) is 2.44. The Morgan fingerprint density at radius 3 is 2.82 bits per heavy atom. The SMILES string of the molecule is Cc1cc(-c2coc3ccccc23)nc(Br)n1. The van der Waals surface area contributed by atoms with Gasteiger partial charge in [-0.05, 0) is 35.0 Å². The van der Waals surface area contributed by atoms with Gasteiger partial charge in [0, 0.05) is 16.6 Å². The third kappa shape index (κ3) is 1.85. The zero-order valence-electron chi connectivity index (χ0n) is 9.14. The smallest absolute Gasteiger partial charge is 0.197 e. The predicted octanol–water partition coefficient (Wildman–Crippen LogP) is 3.96. The minimum atomic E-state index is 0.595. The van der Waals surface area contributed by atoms with Gasteiger partial charge in [-0.15, -0.1) is 0 Å². The van der Waals surface area contributed by atoms with E-state index < -0.39 is 0 Å². The molecule has 2 aromatic heterocycles. The second-order valence-electron chi connectivity index (χ2n) is 3.81. The summed E-state index contributed by atoms with van der Waals surface area (Å²) in [6.07, 6.45) is 1.74. The third-order valence-electron chi connectivity index (χ3n) is 2.58. The van der Waals surface area contributed by atoms with Crippen molar-refractivity contribution in [3.8, 4) is 11.3 Å². The molecule has 0 spiro atoms. The number of hydrogen-bond acceptors (Lipinski definition) is 3. The largest absolute Gasteiger partial charge is 0.464 e. The standard InChI is InChI=1S/C13H9BrN2O/c1-8-6-11(16-13(14)15-8)10-7-17-12-5-3-2-4-9(10)12/h2-7H,1H3. The molecule has 0 atom stereocenters. The molecule has 0 unspecified atom stereocenters. The van der Waals surface area contributed by atoms with Crippen LogP contribution in [0.1, 0.15) is 5.69 Å². The molecule has 17 heavy (non-hydrogen) atoms. The lowest BCUT2D eigenvalue weighted by Crippen LogP contribution is -1.90. The van der Waals surface area contributed by atoms with Crippen LogP contribution in [0, 0.1) is 6.92 Å². The first kappa shape index (κ1) is 10.5. The van der Waals surface area contributed by atoms with Crippen molar-refractivity contribution in [1.82, 2.24) is 9.97 Å². The molecule has 0 radical (unpaired) electrons. The van der Waals surface area contributed by atoms with Crippen LogP contribution < -0.4 is 0 Å². The topological polar surface area (TPSA) is 38.9 Å². The molecule has 0 saturated heterocycles. The quantitative estimate of drug-likeness (QED) is 0.636. The molecule has 3 rings (SSSR count). The summed E-state index contributed by atoms with van der Waals surface area (Å²) in [6.45, 7) is 1.94. The van der Waals surface area contributed by atoms with Crippen LogP contribution >= 0.6 is 15.9 Å². The highest BCUT2D eigenvalue weighted by Crippen LogP contribution is 2.29. The Morgan fingerprint density at radius 2 is 2.00 bits per heavy atom. The van der Waals surface area contributed by atoms with Gasteiger partial charge in [-0.1, -0.05) is 18.2 Å². The Morgan fingerprint density at radius 1 is 1.18 bits per heavy atom. The van der Waals surface area contributed by atoms with E-state index in [2.05, 4.69) is 25.9 Å². The predicted molar refractivity (Wildman–Crippen MR) is 69.7 cm³/mol. The van der Waals surface area contributed by atoms with Crippen molar-refractivity contribution in [2.45, 2.75) is 6.92 Å². The fraction of sp³-hybridized carbons (Fsp3) is 0.0769. The molecule has 0 bridgehead atoms. The summed E-state index contributed by atoms with van der Waals surface area (Å²) >= 11 is 3.31. The fourth-order valence-corrected chi connectivity index (χ4v) is 2.32. The van der Waals surface area contributed by atoms with Gasteiger partial charge in [0.25, 0.3) is 0 Å². The average molecular weight is 289 g/mol. The van der Waals surface area contributed by atoms with Crippen molar-refractivity contribution >= 4 is 26.9 Å². The van der Waals surface area contributed by atoms with Crippen LogP contribution in [0.4, 0.5) is 0 Å².